The summed E-state index contributed by atoms with van der Waals surface area (Å²) in [6.07, 6.45) is 0. The van der Waals surface area contributed by atoms with Crippen molar-refractivity contribution < 1.29 is 9.59 Å². The summed E-state index contributed by atoms with van der Waals surface area (Å²) in [4.78, 5) is 25.1. The highest BCUT2D eigenvalue weighted by Crippen LogP contribution is 2.27. The van der Waals surface area contributed by atoms with E-state index in [1.807, 2.05) is 20.9 Å². The van der Waals surface area contributed by atoms with Crippen LogP contribution >= 0.6 is 35.3 Å². The van der Waals surface area contributed by atoms with Gasteiger partial charge in [0, 0.05) is 12.6 Å². The van der Waals surface area contributed by atoms with Crippen LogP contribution in [0.1, 0.15) is 32.5 Å². The van der Waals surface area contributed by atoms with Crippen LogP contribution in [0.25, 0.3) is 0 Å². The molecule has 1 atom stereocenters. The van der Waals surface area contributed by atoms with Crippen molar-refractivity contribution in [3.05, 3.63) is 51.4 Å². The Morgan fingerprint density at radius 2 is 1.92 bits per heavy atom. The molecule has 0 saturated carbocycles. The van der Waals surface area contributed by atoms with Crippen LogP contribution < -0.4 is 16.0 Å². The number of benzene rings is 1. The number of amides is 2. The normalized spacial score (nSPS) is 11.4. The molecule has 2 rings (SSSR count). The maximum atomic E-state index is 12.3. The summed E-state index contributed by atoms with van der Waals surface area (Å²) in [6, 6.07) is 8.82. The number of thiophene rings is 1. The van der Waals surface area contributed by atoms with Gasteiger partial charge in [0.1, 0.15) is 0 Å². The molecule has 1 aromatic heterocycles. The van der Waals surface area contributed by atoms with Gasteiger partial charge in [-0.15, -0.1) is 23.7 Å². The Kier molecular flexibility index (Phi) is 8.38. The second kappa shape index (κ2) is 9.77. The van der Waals surface area contributed by atoms with Gasteiger partial charge in [-0.1, -0.05) is 23.7 Å². The van der Waals surface area contributed by atoms with Crippen LogP contribution in [0.4, 0.5) is 5.00 Å². The van der Waals surface area contributed by atoms with E-state index in [1.165, 1.54) is 11.3 Å². The molecular formula is C17H21Cl2N3O2S. The molecule has 0 spiro atoms. The molecule has 0 bridgehead atoms. The van der Waals surface area contributed by atoms with Crippen molar-refractivity contribution in [1.29, 1.82) is 0 Å². The molecule has 1 heterocycles. The molecule has 136 valence electrons. The lowest BCUT2D eigenvalue weighted by Gasteiger charge is -2.10. The average molecular weight is 402 g/mol. The van der Waals surface area contributed by atoms with E-state index < -0.39 is 0 Å². The molecule has 0 saturated heterocycles. The van der Waals surface area contributed by atoms with Crippen molar-refractivity contribution >= 4 is 52.2 Å². The van der Waals surface area contributed by atoms with Crippen LogP contribution in [0.15, 0.2) is 30.3 Å². The summed E-state index contributed by atoms with van der Waals surface area (Å²) in [5.41, 5.74) is 1.23. The lowest BCUT2D eigenvalue weighted by atomic mass is 10.2. The van der Waals surface area contributed by atoms with Crippen molar-refractivity contribution in [2.75, 3.05) is 18.9 Å². The predicted octanol–water partition coefficient (Wildman–Crippen LogP) is 3.72. The topological polar surface area (TPSA) is 70.2 Å². The number of carbonyl (C=O) groups is 2. The van der Waals surface area contributed by atoms with Crippen LogP contribution in [0.3, 0.4) is 0 Å². The van der Waals surface area contributed by atoms with Crippen molar-refractivity contribution in [3.8, 4) is 0 Å². The molecule has 0 aliphatic rings. The minimum atomic E-state index is -0.294. The van der Waals surface area contributed by atoms with E-state index in [4.69, 9.17) is 11.6 Å². The Balaban J connectivity index is 0.00000312. The summed E-state index contributed by atoms with van der Waals surface area (Å²) in [7, 11) is 1.84. The van der Waals surface area contributed by atoms with Gasteiger partial charge in [0.05, 0.1) is 20.5 Å². The van der Waals surface area contributed by atoms with Crippen molar-refractivity contribution in [2.24, 2.45) is 0 Å². The summed E-state index contributed by atoms with van der Waals surface area (Å²) in [6.45, 7) is 4.36. The first-order valence-corrected chi connectivity index (χ1v) is 8.73. The highest BCUT2D eigenvalue weighted by molar-refractivity contribution is 7.18. The fraction of sp³-hybridized carbons (Fsp3) is 0.294. The first-order valence-electron chi connectivity index (χ1n) is 7.54. The number of hydrogen-bond donors (Lipinski definition) is 3. The number of anilines is 1. The Labute approximate surface area is 162 Å². The Bertz CT molecular complexity index is 749. The molecule has 0 aliphatic heterocycles. The zero-order valence-electron chi connectivity index (χ0n) is 14.2. The summed E-state index contributed by atoms with van der Waals surface area (Å²) in [5.74, 6) is -0.435. The van der Waals surface area contributed by atoms with Crippen LogP contribution in [0, 0.1) is 6.92 Å². The van der Waals surface area contributed by atoms with Gasteiger partial charge < -0.3 is 16.0 Å². The van der Waals surface area contributed by atoms with E-state index in [0.717, 1.165) is 5.56 Å². The number of nitrogens with one attached hydrogen (secondary N) is 3. The third-order valence-electron chi connectivity index (χ3n) is 3.54. The quantitative estimate of drug-likeness (QED) is 0.690. The standard InChI is InChI=1S/C17H20ClN3O2S.ClH/c1-10-8-14(21-16(22)12-6-4-5-7-13(12)18)24-15(10)17(23)20-9-11(2)19-3;/h4-8,11,19H,9H2,1-3H3,(H,20,23)(H,21,22);1H. The highest BCUT2D eigenvalue weighted by Gasteiger charge is 2.16. The van der Waals surface area contributed by atoms with E-state index in [0.29, 0.717) is 27.0 Å². The Morgan fingerprint density at radius 1 is 1.24 bits per heavy atom. The van der Waals surface area contributed by atoms with Crippen molar-refractivity contribution in [2.45, 2.75) is 19.9 Å². The number of aryl methyl sites for hydroxylation is 1. The van der Waals surface area contributed by atoms with Crippen molar-refractivity contribution in [1.82, 2.24) is 10.6 Å². The van der Waals surface area contributed by atoms with Gasteiger partial charge in [-0.3, -0.25) is 9.59 Å². The second-order valence-electron chi connectivity index (χ2n) is 5.46. The van der Waals surface area contributed by atoms with Crippen LogP contribution in [0.5, 0.6) is 0 Å². The maximum Gasteiger partial charge on any atom is 0.261 e. The van der Waals surface area contributed by atoms with Crippen LogP contribution in [0.2, 0.25) is 5.02 Å². The number of hydrogen-bond acceptors (Lipinski definition) is 4. The molecule has 2 aromatic rings. The zero-order valence-corrected chi connectivity index (χ0v) is 16.6. The largest absolute Gasteiger partial charge is 0.350 e. The molecule has 2 amide bonds. The molecule has 0 radical (unpaired) electrons. The Morgan fingerprint density at radius 3 is 2.56 bits per heavy atom. The molecule has 8 heteroatoms. The molecule has 1 aromatic carbocycles. The minimum Gasteiger partial charge on any atom is -0.350 e. The van der Waals surface area contributed by atoms with Gasteiger partial charge in [-0.2, -0.15) is 0 Å². The average Bonchev–Trinajstić information content (AvgIpc) is 2.92. The first kappa shape index (κ1) is 21.4. The molecule has 5 nitrogen and oxygen atoms in total. The summed E-state index contributed by atoms with van der Waals surface area (Å²) < 4.78 is 0. The van der Waals surface area contributed by atoms with Crippen LogP contribution in [-0.4, -0.2) is 31.4 Å². The monoisotopic (exact) mass is 401 g/mol. The SMILES string of the molecule is CNC(C)CNC(=O)c1sc(NC(=O)c2ccccc2Cl)cc1C.Cl. The lowest BCUT2D eigenvalue weighted by Crippen LogP contribution is -2.37. The van der Waals surface area contributed by atoms with Gasteiger partial charge in [0.15, 0.2) is 0 Å². The van der Waals surface area contributed by atoms with E-state index in [2.05, 4.69) is 16.0 Å². The second-order valence-corrected chi connectivity index (χ2v) is 6.92. The highest BCUT2D eigenvalue weighted by atomic mass is 35.5. The van der Waals surface area contributed by atoms with Gasteiger partial charge in [-0.05, 0) is 44.7 Å². The third-order valence-corrected chi connectivity index (χ3v) is 5.02. The zero-order chi connectivity index (χ0) is 17.7. The van der Waals surface area contributed by atoms with E-state index >= 15 is 0 Å². The van der Waals surface area contributed by atoms with E-state index in [9.17, 15) is 9.59 Å². The van der Waals surface area contributed by atoms with Gasteiger partial charge in [0.2, 0.25) is 0 Å². The first-order chi connectivity index (χ1) is 11.4. The third kappa shape index (κ3) is 5.71. The fourth-order valence-corrected chi connectivity index (χ4v) is 3.23. The van der Waals surface area contributed by atoms with Crippen molar-refractivity contribution in [3.63, 3.8) is 0 Å². The number of carbonyl (C=O) groups excluding carboxylic acids is 2. The van der Waals surface area contributed by atoms with E-state index in [-0.39, 0.29) is 30.3 Å². The molecule has 3 N–H and O–H groups in total. The molecular weight excluding hydrogens is 381 g/mol. The Hall–Kier alpha value is -1.60. The smallest absolute Gasteiger partial charge is 0.261 e. The number of rotatable bonds is 6. The molecule has 1 unspecified atom stereocenters. The number of halogens is 2. The lowest BCUT2D eigenvalue weighted by molar-refractivity contribution is 0.0953. The summed E-state index contributed by atoms with van der Waals surface area (Å²) in [5, 5.41) is 9.73. The number of likely N-dealkylation sites (N-methyl/N-ethyl adjacent to an activating group) is 1. The maximum absolute atomic E-state index is 12.3. The molecule has 0 aliphatic carbocycles. The predicted molar refractivity (Wildman–Crippen MR) is 107 cm³/mol. The van der Waals surface area contributed by atoms with E-state index in [1.54, 1.807) is 30.3 Å². The molecule has 25 heavy (non-hydrogen) atoms. The molecule has 0 fully saturated rings. The van der Waals surface area contributed by atoms with Gasteiger partial charge in [0.25, 0.3) is 11.8 Å². The minimum absolute atomic E-state index is 0. The van der Waals surface area contributed by atoms with Gasteiger partial charge >= 0.3 is 0 Å². The fourth-order valence-electron chi connectivity index (χ4n) is 2.02. The van der Waals surface area contributed by atoms with Crippen LogP contribution in [-0.2, 0) is 0 Å². The summed E-state index contributed by atoms with van der Waals surface area (Å²) >= 11 is 7.28. The van der Waals surface area contributed by atoms with Gasteiger partial charge in [-0.25, -0.2) is 0 Å².